The molecule has 1 saturated heterocycles. The molecule has 5 nitrogen and oxygen atoms in total. The van der Waals surface area contributed by atoms with Gasteiger partial charge in [0.25, 0.3) is 0 Å². The first-order chi connectivity index (χ1) is 9.34. The number of nitrogens with one attached hydrogen (secondary N) is 2. The Morgan fingerprint density at radius 3 is 2.74 bits per heavy atom. The molecule has 5 heteroatoms. The lowest BCUT2D eigenvalue weighted by Gasteiger charge is -2.23. The van der Waals surface area contributed by atoms with Gasteiger partial charge in [0.15, 0.2) is 0 Å². The highest BCUT2D eigenvalue weighted by Crippen LogP contribution is 2.28. The molecular weight excluding hydrogens is 244 g/mol. The van der Waals surface area contributed by atoms with Crippen LogP contribution in [0.1, 0.15) is 32.1 Å². The van der Waals surface area contributed by atoms with Crippen LogP contribution in [-0.2, 0) is 14.3 Å². The van der Waals surface area contributed by atoms with Gasteiger partial charge in [-0.3, -0.25) is 4.79 Å². The van der Waals surface area contributed by atoms with E-state index in [1.165, 1.54) is 12.8 Å². The topological polar surface area (TPSA) is 59.6 Å². The Balaban J connectivity index is 1.38. The van der Waals surface area contributed by atoms with Crippen molar-refractivity contribution in [3.05, 3.63) is 0 Å². The second-order valence-electron chi connectivity index (χ2n) is 5.50. The molecule has 2 N–H and O–H groups in total. The SMILES string of the molecule is O=C(CNCCCOCC1CC1)NC1CCOCC1. The summed E-state index contributed by atoms with van der Waals surface area (Å²) < 4.78 is 10.8. The molecule has 0 atom stereocenters. The maximum absolute atomic E-state index is 11.7. The molecule has 1 heterocycles. The van der Waals surface area contributed by atoms with Crippen molar-refractivity contribution in [2.45, 2.75) is 38.1 Å². The van der Waals surface area contributed by atoms with E-state index >= 15 is 0 Å². The van der Waals surface area contributed by atoms with Gasteiger partial charge in [0.1, 0.15) is 0 Å². The summed E-state index contributed by atoms with van der Waals surface area (Å²) in [4.78, 5) is 11.7. The molecule has 0 radical (unpaired) electrons. The van der Waals surface area contributed by atoms with Crippen LogP contribution in [0.25, 0.3) is 0 Å². The van der Waals surface area contributed by atoms with Crippen LogP contribution in [0.2, 0.25) is 0 Å². The van der Waals surface area contributed by atoms with Crippen LogP contribution < -0.4 is 10.6 Å². The van der Waals surface area contributed by atoms with Gasteiger partial charge in [0.2, 0.25) is 5.91 Å². The first kappa shape index (κ1) is 14.8. The summed E-state index contributed by atoms with van der Waals surface area (Å²) >= 11 is 0. The smallest absolute Gasteiger partial charge is 0.234 e. The average Bonchev–Trinajstić information content (AvgIpc) is 3.23. The second kappa shape index (κ2) is 8.51. The fourth-order valence-corrected chi connectivity index (χ4v) is 2.16. The molecule has 0 unspecified atom stereocenters. The number of carbonyl (C=O) groups is 1. The highest BCUT2D eigenvalue weighted by atomic mass is 16.5. The molecule has 2 aliphatic rings. The average molecular weight is 270 g/mol. The summed E-state index contributed by atoms with van der Waals surface area (Å²) in [6.45, 7) is 4.48. The predicted molar refractivity (Wildman–Crippen MR) is 73.0 cm³/mol. The van der Waals surface area contributed by atoms with Gasteiger partial charge < -0.3 is 20.1 Å². The monoisotopic (exact) mass is 270 g/mol. The first-order valence-corrected chi connectivity index (χ1v) is 7.50. The molecule has 0 aromatic rings. The lowest BCUT2D eigenvalue weighted by molar-refractivity contribution is -0.121. The third-order valence-electron chi connectivity index (χ3n) is 3.56. The van der Waals surface area contributed by atoms with Crippen molar-refractivity contribution in [2.24, 2.45) is 5.92 Å². The van der Waals surface area contributed by atoms with Crippen LogP contribution in [0.4, 0.5) is 0 Å². The fourth-order valence-electron chi connectivity index (χ4n) is 2.16. The number of rotatable bonds is 9. The lowest BCUT2D eigenvalue weighted by Crippen LogP contribution is -2.43. The zero-order chi connectivity index (χ0) is 13.3. The standard InChI is InChI=1S/C14H26N2O3/c17-14(16-13-4-8-18-9-5-13)10-15-6-1-7-19-11-12-2-3-12/h12-13,15H,1-11H2,(H,16,17). The third kappa shape index (κ3) is 6.89. The molecule has 2 rings (SSSR count). The summed E-state index contributed by atoms with van der Waals surface area (Å²) in [5.41, 5.74) is 0. The molecule has 1 amide bonds. The van der Waals surface area contributed by atoms with Crippen molar-refractivity contribution < 1.29 is 14.3 Å². The Kier molecular flexibility index (Phi) is 6.61. The Labute approximate surface area is 115 Å². The predicted octanol–water partition coefficient (Wildman–Crippen LogP) is 0.688. The molecule has 0 spiro atoms. The highest BCUT2D eigenvalue weighted by Gasteiger charge is 2.20. The van der Waals surface area contributed by atoms with Gasteiger partial charge in [-0.2, -0.15) is 0 Å². The van der Waals surface area contributed by atoms with E-state index in [9.17, 15) is 4.79 Å². The number of hydrogen-bond acceptors (Lipinski definition) is 4. The van der Waals surface area contributed by atoms with Crippen molar-refractivity contribution in [3.8, 4) is 0 Å². The zero-order valence-corrected chi connectivity index (χ0v) is 11.7. The number of carbonyl (C=O) groups excluding carboxylic acids is 1. The first-order valence-electron chi connectivity index (χ1n) is 7.50. The van der Waals surface area contributed by atoms with Gasteiger partial charge in [-0.25, -0.2) is 0 Å². The van der Waals surface area contributed by atoms with Crippen LogP contribution in [0.15, 0.2) is 0 Å². The van der Waals surface area contributed by atoms with Crippen molar-refractivity contribution in [2.75, 3.05) is 39.5 Å². The summed E-state index contributed by atoms with van der Waals surface area (Å²) in [5, 5.41) is 6.19. The van der Waals surface area contributed by atoms with E-state index < -0.39 is 0 Å². The number of amides is 1. The fraction of sp³-hybridized carbons (Fsp3) is 0.929. The van der Waals surface area contributed by atoms with Crippen LogP contribution in [0, 0.1) is 5.92 Å². The highest BCUT2D eigenvalue weighted by molar-refractivity contribution is 5.78. The Morgan fingerprint density at radius 1 is 1.21 bits per heavy atom. The summed E-state index contributed by atoms with van der Waals surface area (Å²) in [5.74, 6) is 0.920. The van der Waals surface area contributed by atoms with Gasteiger partial charge in [-0.05, 0) is 44.6 Å². The van der Waals surface area contributed by atoms with E-state index in [0.717, 1.165) is 58.2 Å². The van der Waals surface area contributed by atoms with E-state index in [4.69, 9.17) is 9.47 Å². The minimum absolute atomic E-state index is 0.0887. The van der Waals surface area contributed by atoms with Gasteiger partial charge in [-0.1, -0.05) is 0 Å². The molecule has 0 aromatic heterocycles. The zero-order valence-electron chi connectivity index (χ0n) is 11.7. The van der Waals surface area contributed by atoms with Crippen molar-refractivity contribution in [1.29, 1.82) is 0 Å². The molecule has 2 fully saturated rings. The minimum atomic E-state index is 0.0887. The summed E-state index contributed by atoms with van der Waals surface area (Å²) in [6.07, 6.45) is 5.51. The van der Waals surface area contributed by atoms with Crippen LogP contribution in [-0.4, -0.2) is 51.5 Å². The normalized spacial score (nSPS) is 20.4. The minimum Gasteiger partial charge on any atom is -0.381 e. The van der Waals surface area contributed by atoms with E-state index in [1.54, 1.807) is 0 Å². The number of hydrogen-bond donors (Lipinski definition) is 2. The van der Waals surface area contributed by atoms with E-state index in [0.29, 0.717) is 12.6 Å². The van der Waals surface area contributed by atoms with Crippen molar-refractivity contribution in [1.82, 2.24) is 10.6 Å². The molecule has 1 aliphatic carbocycles. The van der Waals surface area contributed by atoms with Gasteiger partial charge in [-0.15, -0.1) is 0 Å². The molecule has 19 heavy (non-hydrogen) atoms. The largest absolute Gasteiger partial charge is 0.381 e. The van der Waals surface area contributed by atoms with Crippen LogP contribution in [0.5, 0.6) is 0 Å². The Bertz CT molecular complexity index is 263. The third-order valence-corrected chi connectivity index (χ3v) is 3.56. The second-order valence-corrected chi connectivity index (χ2v) is 5.50. The summed E-state index contributed by atoms with van der Waals surface area (Å²) in [7, 11) is 0. The Morgan fingerprint density at radius 2 is 2.00 bits per heavy atom. The lowest BCUT2D eigenvalue weighted by atomic mass is 10.1. The molecule has 0 bridgehead atoms. The van der Waals surface area contributed by atoms with Crippen molar-refractivity contribution in [3.63, 3.8) is 0 Å². The number of ether oxygens (including phenoxy) is 2. The maximum atomic E-state index is 11.7. The molecular formula is C14H26N2O3. The summed E-state index contributed by atoms with van der Waals surface area (Å²) in [6, 6.07) is 0.296. The van der Waals surface area contributed by atoms with E-state index in [1.807, 2.05) is 0 Å². The van der Waals surface area contributed by atoms with Gasteiger partial charge >= 0.3 is 0 Å². The van der Waals surface area contributed by atoms with Crippen LogP contribution >= 0.6 is 0 Å². The Hall–Kier alpha value is -0.650. The molecule has 0 aromatic carbocycles. The molecule has 110 valence electrons. The van der Waals surface area contributed by atoms with Gasteiger partial charge in [0.05, 0.1) is 6.54 Å². The quantitative estimate of drug-likeness (QED) is 0.605. The van der Waals surface area contributed by atoms with Crippen LogP contribution in [0.3, 0.4) is 0 Å². The maximum Gasteiger partial charge on any atom is 0.234 e. The molecule has 1 saturated carbocycles. The van der Waals surface area contributed by atoms with Crippen molar-refractivity contribution >= 4 is 5.91 Å². The van der Waals surface area contributed by atoms with Gasteiger partial charge in [0, 0.05) is 32.5 Å². The van der Waals surface area contributed by atoms with E-state index in [-0.39, 0.29) is 5.91 Å². The van der Waals surface area contributed by atoms with E-state index in [2.05, 4.69) is 10.6 Å². The molecule has 1 aliphatic heterocycles.